The van der Waals surface area contributed by atoms with Crippen LogP contribution >= 0.6 is 0 Å². The van der Waals surface area contributed by atoms with Gasteiger partial charge in [-0.25, -0.2) is 4.79 Å². The quantitative estimate of drug-likeness (QED) is 0.351. The molecule has 0 atom stereocenters. The van der Waals surface area contributed by atoms with Crippen molar-refractivity contribution in [2.75, 3.05) is 27.4 Å². The van der Waals surface area contributed by atoms with Gasteiger partial charge in [0.1, 0.15) is 5.56 Å². The second kappa shape index (κ2) is 10.2. The number of hydrogen-bond donors (Lipinski definition) is 0. The maximum atomic E-state index is 12.5. The van der Waals surface area contributed by atoms with Crippen LogP contribution in [0.25, 0.3) is 0 Å². The van der Waals surface area contributed by atoms with E-state index < -0.39 is 29.1 Å². The van der Waals surface area contributed by atoms with Gasteiger partial charge in [-0.2, -0.15) is 0 Å². The van der Waals surface area contributed by atoms with E-state index in [0.717, 1.165) is 17.2 Å². The summed E-state index contributed by atoms with van der Waals surface area (Å²) in [6.45, 7) is 3.71. The molecule has 2 aromatic carbocycles. The summed E-state index contributed by atoms with van der Waals surface area (Å²) in [6, 6.07) is 9.89. The molecule has 30 heavy (non-hydrogen) atoms. The van der Waals surface area contributed by atoms with Crippen LogP contribution < -0.4 is 9.47 Å². The summed E-state index contributed by atoms with van der Waals surface area (Å²) in [6.07, 6.45) is 0. The number of nitro groups is 1. The second-order valence-electron chi connectivity index (χ2n) is 6.46. The van der Waals surface area contributed by atoms with E-state index in [0.29, 0.717) is 6.54 Å². The fourth-order valence-corrected chi connectivity index (χ4v) is 2.74. The number of esters is 1. The molecule has 0 spiro atoms. The van der Waals surface area contributed by atoms with Crippen molar-refractivity contribution in [1.82, 2.24) is 4.90 Å². The van der Waals surface area contributed by atoms with E-state index in [1.165, 1.54) is 18.1 Å². The Morgan fingerprint density at radius 2 is 1.87 bits per heavy atom. The number of nitro benzene ring substituents is 1. The highest BCUT2D eigenvalue weighted by Gasteiger charge is 2.26. The molecule has 0 aliphatic rings. The molecule has 0 fully saturated rings. The highest BCUT2D eigenvalue weighted by Crippen LogP contribution is 2.35. The number of nitrogens with zero attached hydrogens (tertiary/aromatic N) is 2. The molecule has 0 aliphatic heterocycles. The summed E-state index contributed by atoms with van der Waals surface area (Å²) in [7, 11) is 2.94. The fraction of sp³-hybridized carbons (Fsp3) is 0.333. The van der Waals surface area contributed by atoms with E-state index in [2.05, 4.69) is 0 Å². The maximum Gasteiger partial charge on any atom is 0.345 e. The Balaban J connectivity index is 2.12. The van der Waals surface area contributed by atoms with Crippen LogP contribution in [0, 0.1) is 17.0 Å². The number of carbonyl (C=O) groups excluding carboxylic acids is 2. The SMILES string of the molecule is CCOc1cc([N+](=O)[O-])c(C(=O)OCC(=O)N(C)Cc2ccccc2C)cc1OC. The van der Waals surface area contributed by atoms with E-state index in [1.54, 1.807) is 14.0 Å². The summed E-state index contributed by atoms with van der Waals surface area (Å²) in [5, 5.41) is 11.4. The number of benzene rings is 2. The van der Waals surface area contributed by atoms with Crippen molar-refractivity contribution in [3.8, 4) is 11.5 Å². The molecule has 0 aromatic heterocycles. The highest BCUT2D eigenvalue weighted by molar-refractivity contribution is 5.96. The van der Waals surface area contributed by atoms with Gasteiger partial charge in [0, 0.05) is 19.7 Å². The van der Waals surface area contributed by atoms with Crippen molar-refractivity contribution >= 4 is 17.6 Å². The Morgan fingerprint density at radius 3 is 2.47 bits per heavy atom. The molecule has 1 amide bonds. The minimum atomic E-state index is -0.999. The van der Waals surface area contributed by atoms with Crippen LogP contribution in [0.15, 0.2) is 36.4 Å². The van der Waals surface area contributed by atoms with E-state index in [4.69, 9.17) is 14.2 Å². The second-order valence-corrected chi connectivity index (χ2v) is 6.46. The van der Waals surface area contributed by atoms with Gasteiger partial charge in [0.15, 0.2) is 18.1 Å². The number of aryl methyl sites for hydroxylation is 1. The normalized spacial score (nSPS) is 10.3. The van der Waals surface area contributed by atoms with Crippen molar-refractivity contribution in [2.45, 2.75) is 20.4 Å². The zero-order valence-electron chi connectivity index (χ0n) is 17.3. The van der Waals surface area contributed by atoms with Gasteiger partial charge >= 0.3 is 5.97 Å². The van der Waals surface area contributed by atoms with Crippen molar-refractivity contribution < 1.29 is 28.7 Å². The molecule has 2 aromatic rings. The number of amides is 1. The Kier molecular flexibility index (Phi) is 7.74. The molecule has 0 heterocycles. The van der Waals surface area contributed by atoms with E-state index >= 15 is 0 Å². The summed E-state index contributed by atoms with van der Waals surface area (Å²) < 4.78 is 15.5. The average Bonchev–Trinajstić information content (AvgIpc) is 2.73. The molecule has 160 valence electrons. The molecule has 0 unspecified atom stereocenters. The Hall–Kier alpha value is -3.62. The van der Waals surface area contributed by atoms with Gasteiger partial charge in [-0.1, -0.05) is 24.3 Å². The van der Waals surface area contributed by atoms with Crippen molar-refractivity contribution in [2.24, 2.45) is 0 Å². The van der Waals surface area contributed by atoms with Gasteiger partial charge in [-0.3, -0.25) is 14.9 Å². The number of hydrogen-bond acceptors (Lipinski definition) is 7. The van der Waals surface area contributed by atoms with E-state index in [9.17, 15) is 19.7 Å². The summed E-state index contributed by atoms with van der Waals surface area (Å²) in [5.41, 5.74) is 1.18. The van der Waals surface area contributed by atoms with Crippen LogP contribution in [0.4, 0.5) is 5.69 Å². The number of likely N-dealkylation sites (N-methyl/N-ethyl adjacent to an activating group) is 1. The zero-order valence-corrected chi connectivity index (χ0v) is 17.3. The first-order chi connectivity index (χ1) is 14.3. The highest BCUT2D eigenvalue weighted by atomic mass is 16.6. The topological polar surface area (TPSA) is 108 Å². The average molecular weight is 416 g/mol. The Morgan fingerprint density at radius 1 is 1.17 bits per heavy atom. The maximum absolute atomic E-state index is 12.5. The Labute approximate surface area is 174 Å². The number of carbonyl (C=O) groups is 2. The zero-order chi connectivity index (χ0) is 22.3. The smallest absolute Gasteiger partial charge is 0.345 e. The summed E-state index contributed by atoms with van der Waals surface area (Å²) >= 11 is 0. The lowest BCUT2D eigenvalue weighted by Gasteiger charge is -2.18. The fourth-order valence-electron chi connectivity index (χ4n) is 2.74. The third kappa shape index (κ3) is 5.47. The van der Waals surface area contributed by atoms with Crippen molar-refractivity contribution in [3.63, 3.8) is 0 Å². The standard InChI is InChI=1S/C21H24N2O7/c1-5-29-19-11-17(23(26)27)16(10-18(19)28-4)21(25)30-13-20(24)22(3)12-15-9-7-6-8-14(15)2/h6-11H,5,12-13H2,1-4H3. The van der Waals surface area contributed by atoms with Crippen molar-refractivity contribution in [3.05, 3.63) is 63.2 Å². The minimum Gasteiger partial charge on any atom is -0.493 e. The summed E-state index contributed by atoms with van der Waals surface area (Å²) in [4.78, 5) is 36.9. The molecule has 9 heteroatoms. The van der Waals surface area contributed by atoms with Gasteiger partial charge in [-0.15, -0.1) is 0 Å². The minimum absolute atomic E-state index is 0.136. The van der Waals surface area contributed by atoms with Crippen LogP contribution in [0.2, 0.25) is 0 Å². The predicted octanol–water partition coefficient (Wildman–Crippen LogP) is 3.13. The van der Waals surface area contributed by atoms with Crippen LogP contribution in [0.3, 0.4) is 0 Å². The van der Waals surface area contributed by atoms with Crippen LogP contribution in [-0.4, -0.2) is 49.1 Å². The van der Waals surface area contributed by atoms with Gasteiger partial charge in [0.05, 0.1) is 24.7 Å². The number of methoxy groups -OCH3 is 1. The lowest BCUT2D eigenvalue weighted by molar-refractivity contribution is -0.385. The van der Waals surface area contributed by atoms with Gasteiger partial charge in [-0.05, 0) is 25.0 Å². The molecule has 9 nitrogen and oxygen atoms in total. The molecule has 0 radical (unpaired) electrons. The lowest BCUT2D eigenvalue weighted by atomic mass is 10.1. The van der Waals surface area contributed by atoms with E-state index in [-0.39, 0.29) is 23.7 Å². The molecule has 2 rings (SSSR count). The van der Waals surface area contributed by atoms with Gasteiger partial charge in [0.2, 0.25) is 0 Å². The van der Waals surface area contributed by atoms with Gasteiger partial charge in [0.25, 0.3) is 11.6 Å². The van der Waals surface area contributed by atoms with Gasteiger partial charge < -0.3 is 19.1 Å². The first-order valence-electron chi connectivity index (χ1n) is 9.23. The molecular formula is C21H24N2O7. The molecule has 0 N–H and O–H groups in total. The van der Waals surface area contributed by atoms with Crippen LogP contribution in [-0.2, 0) is 16.1 Å². The first-order valence-corrected chi connectivity index (χ1v) is 9.23. The first kappa shape index (κ1) is 22.7. The van der Waals surface area contributed by atoms with E-state index in [1.807, 2.05) is 31.2 Å². The molecule has 0 aliphatic carbocycles. The third-order valence-corrected chi connectivity index (χ3v) is 4.42. The molecular weight excluding hydrogens is 392 g/mol. The summed E-state index contributed by atoms with van der Waals surface area (Å²) in [5.74, 6) is -1.15. The number of rotatable bonds is 9. The largest absolute Gasteiger partial charge is 0.493 e. The van der Waals surface area contributed by atoms with Crippen LogP contribution in [0.1, 0.15) is 28.4 Å². The lowest BCUT2D eigenvalue weighted by Crippen LogP contribution is -2.31. The monoisotopic (exact) mass is 416 g/mol. The molecule has 0 bridgehead atoms. The van der Waals surface area contributed by atoms with Crippen LogP contribution in [0.5, 0.6) is 11.5 Å². The molecule has 0 saturated carbocycles. The number of ether oxygens (including phenoxy) is 3. The van der Waals surface area contributed by atoms with Crippen molar-refractivity contribution in [1.29, 1.82) is 0 Å². The predicted molar refractivity (Wildman–Crippen MR) is 109 cm³/mol. The molecule has 0 saturated heterocycles. The Bertz CT molecular complexity index is 943. The third-order valence-electron chi connectivity index (χ3n) is 4.42.